The molecule has 0 aliphatic carbocycles. The van der Waals surface area contributed by atoms with Gasteiger partial charge in [-0.1, -0.05) is 0 Å². The van der Waals surface area contributed by atoms with Gasteiger partial charge in [0.25, 0.3) is 0 Å². The molecule has 2 unspecified atom stereocenters. The van der Waals surface area contributed by atoms with Gasteiger partial charge in [0.1, 0.15) is 0 Å². The molecule has 8 heteroatoms. The molecule has 2 atom stereocenters. The van der Waals surface area contributed by atoms with Crippen LogP contribution in [0, 0.1) is 0 Å². The first-order valence-electron chi connectivity index (χ1n) is 3.27. The van der Waals surface area contributed by atoms with Gasteiger partial charge in [0.15, 0.2) is 0 Å². The van der Waals surface area contributed by atoms with Crippen molar-refractivity contribution in [3.8, 4) is 0 Å². The van der Waals surface area contributed by atoms with E-state index in [1.807, 2.05) is 0 Å². The van der Waals surface area contributed by atoms with Crippen LogP contribution in [0.25, 0.3) is 0 Å². The Balaban J connectivity index is -0.000000605. The van der Waals surface area contributed by atoms with E-state index in [1.54, 1.807) is 0 Å². The third kappa shape index (κ3) is 11.4. The van der Waals surface area contributed by atoms with Crippen molar-refractivity contribution in [2.24, 2.45) is 0 Å². The summed E-state index contributed by atoms with van der Waals surface area (Å²) in [5.74, 6) is -2.08. The maximum Gasteiger partial charge on any atom is 0.316 e. The van der Waals surface area contributed by atoms with Crippen LogP contribution in [-0.4, -0.2) is 135 Å². The molecule has 0 saturated carbocycles. The molecule has 0 fully saturated rings. The Bertz CT molecular complexity index is 171. The van der Waals surface area contributed by atoms with Crippen LogP contribution in [0.2, 0.25) is 0 Å². The van der Waals surface area contributed by atoms with Gasteiger partial charge in [0.05, 0.1) is 10.5 Å². The summed E-state index contributed by atoms with van der Waals surface area (Å²) in [5.41, 5.74) is 0. The zero-order chi connectivity index (χ0) is 9.72. The summed E-state index contributed by atoms with van der Waals surface area (Å²) < 4.78 is 0. The number of carboxylic acid groups (broad SMARTS) is 2. The number of rotatable bonds is 5. The van der Waals surface area contributed by atoms with Crippen molar-refractivity contribution < 1.29 is 19.8 Å². The van der Waals surface area contributed by atoms with Gasteiger partial charge >= 0.3 is 11.9 Å². The van der Waals surface area contributed by atoms with Crippen LogP contribution in [0.4, 0.5) is 0 Å². The van der Waals surface area contributed by atoms with Gasteiger partial charge in [-0.15, -0.1) is 0 Å². The van der Waals surface area contributed by atoms with Gasteiger partial charge in [-0.25, -0.2) is 0 Å². The number of carbonyl (C=O) groups is 2. The number of carboxylic acids is 2. The average Bonchev–Trinajstić information content (AvgIpc) is 1.98. The first-order chi connectivity index (χ1) is 5.45. The molecule has 14 heavy (non-hydrogen) atoms. The van der Waals surface area contributed by atoms with Gasteiger partial charge < -0.3 is 10.2 Å². The van der Waals surface area contributed by atoms with Crippen LogP contribution in [0.1, 0.15) is 12.8 Å². The van der Waals surface area contributed by atoms with Crippen LogP contribution in [0.15, 0.2) is 0 Å². The van der Waals surface area contributed by atoms with E-state index in [4.69, 9.17) is 10.2 Å². The predicted molar refractivity (Wildman–Crippen MR) is 61.6 cm³/mol. The zero-order valence-corrected chi connectivity index (χ0v) is 16.2. The van der Waals surface area contributed by atoms with E-state index in [-0.39, 0.29) is 116 Å². The molecule has 0 heterocycles. The van der Waals surface area contributed by atoms with E-state index in [9.17, 15) is 9.59 Å². The molecule has 0 bridgehead atoms. The molecular formula is C6H10K2O4S2. The predicted octanol–water partition coefficient (Wildman–Crippen LogP) is -0.229. The first-order valence-corrected chi connectivity index (χ1v) is 4.30. The summed E-state index contributed by atoms with van der Waals surface area (Å²) in [5, 5.41) is 15.2. The minimum Gasteiger partial charge on any atom is -0.480 e. The second-order valence-electron chi connectivity index (χ2n) is 2.29. The minimum absolute atomic E-state index is 0. The molecular weight excluding hydrogens is 278 g/mol. The fraction of sp³-hybridized carbons (Fsp3) is 0.667. The topological polar surface area (TPSA) is 74.6 Å². The molecule has 0 aromatic heterocycles. The van der Waals surface area contributed by atoms with Crippen molar-refractivity contribution in [2.45, 2.75) is 23.3 Å². The number of aliphatic carboxylic acids is 2. The number of hydrogen-bond acceptors (Lipinski definition) is 4. The Hall–Kier alpha value is 2.91. The molecule has 0 aromatic rings. The van der Waals surface area contributed by atoms with E-state index < -0.39 is 22.4 Å². The third-order valence-corrected chi connectivity index (χ3v) is 2.24. The molecule has 0 spiro atoms. The van der Waals surface area contributed by atoms with Crippen molar-refractivity contribution in [2.75, 3.05) is 0 Å². The van der Waals surface area contributed by atoms with Crippen molar-refractivity contribution in [1.29, 1.82) is 0 Å². The van der Waals surface area contributed by atoms with Crippen LogP contribution < -0.4 is 0 Å². The summed E-state index contributed by atoms with van der Waals surface area (Å²) in [6.07, 6.45) is 0.415. The van der Waals surface area contributed by atoms with Crippen LogP contribution >= 0.6 is 25.3 Å². The molecule has 0 amide bonds. The molecule has 4 nitrogen and oxygen atoms in total. The second-order valence-corrected chi connectivity index (χ2v) is 3.53. The molecule has 0 rings (SSSR count). The van der Waals surface area contributed by atoms with Crippen LogP contribution in [0.3, 0.4) is 0 Å². The normalized spacial score (nSPS) is 13.0. The molecule has 2 N–H and O–H groups in total. The van der Waals surface area contributed by atoms with E-state index >= 15 is 0 Å². The summed E-state index contributed by atoms with van der Waals surface area (Å²) >= 11 is 7.48. The molecule has 2 radical (unpaired) electrons. The minimum atomic E-state index is -1.04. The maximum atomic E-state index is 10.2. The Labute approximate surface area is 179 Å². The smallest absolute Gasteiger partial charge is 0.316 e. The largest absolute Gasteiger partial charge is 0.480 e. The van der Waals surface area contributed by atoms with Gasteiger partial charge in [-0.2, -0.15) is 25.3 Å². The van der Waals surface area contributed by atoms with E-state index in [0.29, 0.717) is 0 Å². The SMILES string of the molecule is O=C(O)C(S)CCC(S)C(=O)O.[K].[K]. The van der Waals surface area contributed by atoms with Gasteiger partial charge in [-0.05, 0) is 12.8 Å². The second kappa shape index (κ2) is 12.4. The molecule has 72 valence electrons. The van der Waals surface area contributed by atoms with E-state index in [1.165, 1.54) is 0 Å². The standard InChI is InChI=1S/C6H10O4S2.2K/c7-5(8)3(11)1-2-4(12)6(9)10;;/h3-4,11-12H,1-2H2,(H,7,8)(H,9,10);;. The van der Waals surface area contributed by atoms with E-state index in [0.717, 1.165) is 0 Å². The Kier molecular flexibility index (Phi) is 19.6. The summed E-state index contributed by atoms with van der Waals surface area (Å²) in [6, 6.07) is 0. The molecule has 0 aromatic carbocycles. The fourth-order valence-corrected chi connectivity index (χ4v) is 0.861. The van der Waals surface area contributed by atoms with Crippen LogP contribution in [-0.2, 0) is 9.59 Å². The van der Waals surface area contributed by atoms with Gasteiger partial charge in [0, 0.05) is 103 Å². The van der Waals surface area contributed by atoms with Gasteiger partial charge in [0.2, 0.25) is 0 Å². The van der Waals surface area contributed by atoms with E-state index in [2.05, 4.69) is 25.3 Å². The first kappa shape index (κ1) is 22.1. The molecule has 0 saturated heterocycles. The summed E-state index contributed by atoms with van der Waals surface area (Å²) in [4.78, 5) is 20.5. The fourth-order valence-electron chi connectivity index (χ4n) is 0.563. The van der Waals surface area contributed by atoms with Crippen molar-refractivity contribution in [3.05, 3.63) is 0 Å². The maximum absolute atomic E-state index is 10.2. The Morgan fingerprint density at radius 3 is 1.29 bits per heavy atom. The van der Waals surface area contributed by atoms with Crippen molar-refractivity contribution in [3.63, 3.8) is 0 Å². The number of hydrogen-bond donors (Lipinski definition) is 4. The third-order valence-electron chi connectivity index (χ3n) is 1.28. The Morgan fingerprint density at radius 2 is 1.14 bits per heavy atom. The monoisotopic (exact) mass is 288 g/mol. The van der Waals surface area contributed by atoms with Crippen LogP contribution in [0.5, 0.6) is 0 Å². The number of thiol groups is 2. The summed E-state index contributed by atoms with van der Waals surface area (Å²) in [6.45, 7) is 0. The van der Waals surface area contributed by atoms with Crippen molar-refractivity contribution in [1.82, 2.24) is 0 Å². The van der Waals surface area contributed by atoms with Gasteiger partial charge in [-0.3, -0.25) is 9.59 Å². The average molecular weight is 288 g/mol. The van der Waals surface area contributed by atoms with Crippen molar-refractivity contribution >= 4 is 140 Å². The Morgan fingerprint density at radius 1 is 0.929 bits per heavy atom. The molecule has 0 aliphatic rings. The quantitative estimate of drug-likeness (QED) is 0.416. The summed E-state index contributed by atoms with van der Waals surface area (Å²) in [7, 11) is 0. The molecule has 0 aliphatic heterocycles. The zero-order valence-electron chi connectivity index (χ0n) is 8.17.